The first-order valence-electron chi connectivity index (χ1n) is 7.92. The summed E-state index contributed by atoms with van der Waals surface area (Å²) in [6.45, 7) is 5.05. The van der Waals surface area contributed by atoms with Gasteiger partial charge in [-0.15, -0.1) is 0 Å². The number of hydrogen-bond donors (Lipinski definition) is 1. The van der Waals surface area contributed by atoms with Gasteiger partial charge in [0.2, 0.25) is 0 Å². The summed E-state index contributed by atoms with van der Waals surface area (Å²) in [6.07, 6.45) is 3.36. The fraction of sp³-hybridized carbons (Fsp3) is 0.368. The predicted octanol–water partition coefficient (Wildman–Crippen LogP) is 3.51. The van der Waals surface area contributed by atoms with E-state index in [0.29, 0.717) is 10.9 Å². The van der Waals surface area contributed by atoms with Crippen LogP contribution in [0.4, 0.5) is 0 Å². The summed E-state index contributed by atoms with van der Waals surface area (Å²) >= 11 is 0. The van der Waals surface area contributed by atoms with Crippen LogP contribution in [-0.4, -0.2) is 20.7 Å². The molecule has 2 rings (SSSR count). The average molecular weight is 331 g/mol. The van der Waals surface area contributed by atoms with Crippen molar-refractivity contribution in [3.63, 3.8) is 0 Å². The van der Waals surface area contributed by atoms with Crippen LogP contribution >= 0.6 is 0 Å². The van der Waals surface area contributed by atoms with E-state index in [1.54, 1.807) is 12.1 Å². The first-order chi connectivity index (χ1) is 10.8. The van der Waals surface area contributed by atoms with Crippen molar-refractivity contribution in [1.82, 2.24) is 5.32 Å². The molecule has 0 saturated heterocycles. The van der Waals surface area contributed by atoms with Crippen LogP contribution in [0.25, 0.3) is 0 Å². The third kappa shape index (κ3) is 5.81. The molecule has 1 N–H and O–H groups in total. The minimum atomic E-state index is -3.11. The van der Waals surface area contributed by atoms with Crippen LogP contribution in [0.5, 0.6) is 0 Å². The average Bonchev–Trinajstić information content (AvgIpc) is 2.50. The van der Waals surface area contributed by atoms with Gasteiger partial charge in [-0.1, -0.05) is 42.0 Å². The second kappa shape index (κ2) is 7.75. The highest BCUT2D eigenvalue weighted by molar-refractivity contribution is 7.90. The van der Waals surface area contributed by atoms with Crippen molar-refractivity contribution < 1.29 is 8.42 Å². The molecule has 124 valence electrons. The van der Waals surface area contributed by atoms with E-state index in [1.807, 2.05) is 12.1 Å². The van der Waals surface area contributed by atoms with Crippen molar-refractivity contribution in [2.45, 2.75) is 44.2 Å². The Morgan fingerprint density at radius 2 is 1.74 bits per heavy atom. The molecule has 4 heteroatoms. The molecule has 0 fully saturated rings. The molecule has 23 heavy (non-hydrogen) atoms. The molecule has 0 bridgehead atoms. The summed E-state index contributed by atoms with van der Waals surface area (Å²) in [4.78, 5) is 0.369. The van der Waals surface area contributed by atoms with Gasteiger partial charge >= 0.3 is 0 Å². The molecular weight excluding hydrogens is 306 g/mol. The Morgan fingerprint density at radius 3 is 2.35 bits per heavy atom. The molecule has 0 heterocycles. The number of hydrogen-bond acceptors (Lipinski definition) is 3. The van der Waals surface area contributed by atoms with E-state index in [-0.39, 0.29) is 0 Å². The van der Waals surface area contributed by atoms with E-state index in [1.165, 1.54) is 17.4 Å². The molecule has 3 nitrogen and oxygen atoms in total. The van der Waals surface area contributed by atoms with Gasteiger partial charge in [0.25, 0.3) is 0 Å². The number of nitrogens with one attached hydrogen (secondary N) is 1. The number of benzene rings is 2. The monoisotopic (exact) mass is 331 g/mol. The fourth-order valence-electron chi connectivity index (χ4n) is 2.50. The van der Waals surface area contributed by atoms with Gasteiger partial charge in [-0.3, -0.25) is 0 Å². The maximum absolute atomic E-state index is 11.4. The van der Waals surface area contributed by atoms with E-state index in [9.17, 15) is 8.42 Å². The molecule has 2 aromatic carbocycles. The zero-order valence-electron chi connectivity index (χ0n) is 14.0. The summed E-state index contributed by atoms with van der Waals surface area (Å²) in [6, 6.07) is 16.1. The highest BCUT2D eigenvalue weighted by atomic mass is 32.2. The van der Waals surface area contributed by atoms with Gasteiger partial charge in [0.15, 0.2) is 9.84 Å². The lowest BCUT2D eigenvalue weighted by Gasteiger charge is -2.14. The standard InChI is InChI=1S/C19H25NO2S/c1-15-5-4-6-17(13-15)8-7-16(2)20-14-18-9-11-19(12-10-18)23(3,21)22/h4-6,9-13,16,20H,7-8,14H2,1-3H3. The van der Waals surface area contributed by atoms with Crippen molar-refractivity contribution in [1.29, 1.82) is 0 Å². The Bertz CT molecular complexity index is 736. The molecule has 0 radical (unpaired) electrons. The Hall–Kier alpha value is -1.65. The summed E-state index contributed by atoms with van der Waals surface area (Å²) in [5.41, 5.74) is 3.77. The van der Waals surface area contributed by atoms with E-state index >= 15 is 0 Å². The minimum absolute atomic E-state index is 0.369. The molecule has 1 atom stereocenters. The molecular formula is C19H25NO2S. The quantitative estimate of drug-likeness (QED) is 0.844. The zero-order valence-corrected chi connectivity index (χ0v) is 14.9. The van der Waals surface area contributed by atoms with Gasteiger partial charge in [0.05, 0.1) is 4.90 Å². The molecule has 2 aromatic rings. The van der Waals surface area contributed by atoms with Gasteiger partial charge in [-0.25, -0.2) is 8.42 Å². The Morgan fingerprint density at radius 1 is 1.04 bits per heavy atom. The van der Waals surface area contributed by atoms with Crippen LogP contribution in [0.3, 0.4) is 0 Å². The van der Waals surface area contributed by atoms with Gasteiger partial charge < -0.3 is 5.32 Å². The van der Waals surface area contributed by atoms with Crippen molar-refractivity contribution in [2.24, 2.45) is 0 Å². The lowest BCUT2D eigenvalue weighted by molar-refractivity contribution is 0.514. The Kier molecular flexibility index (Phi) is 5.97. The highest BCUT2D eigenvalue weighted by Gasteiger charge is 2.07. The normalized spacial score (nSPS) is 13.0. The van der Waals surface area contributed by atoms with Gasteiger partial charge in [0.1, 0.15) is 0 Å². The first-order valence-corrected chi connectivity index (χ1v) is 9.81. The molecule has 0 aliphatic heterocycles. The Labute approximate surface area is 139 Å². The molecule has 0 spiro atoms. The van der Waals surface area contributed by atoms with Gasteiger partial charge in [-0.2, -0.15) is 0 Å². The largest absolute Gasteiger partial charge is 0.310 e. The SMILES string of the molecule is Cc1cccc(CCC(C)NCc2ccc(S(C)(=O)=O)cc2)c1. The third-order valence-electron chi connectivity index (χ3n) is 3.95. The summed E-state index contributed by atoms with van der Waals surface area (Å²) in [7, 11) is -3.11. The van der Waals surface area contributed by atoms with Crippen LogP contribution in [-0.2, 0) is 22.8 Å². The van der Waals surface area contributed by atoms with E-state index in [0.717, 1.165) is 24.9 Å². The summed E-state index contributed by atoms with van der Waals surface area (Å²) in [5.74, 6) is 0. The molecule has 0 aliphatic carbocycles. The van der Waals surface area contributed by atoms with Crippen LogP contribution < -0.4 is 5.32 Å². The number of rotatable bonds is 7. The molecule has 1 unspecified atom stereocenters. The highest BCUT2D eigenvalue weighted by Crippen LogP contribution is 2.11. The second-order valence-corrected chi connectivity index (χ2v) is 8.24. The number of sulfone groups is 1. The van der Waals surface area contributed by atoms with Gasteiger partial charge in [0, 0.05) is 18.8 Å². The van der Waals surface area contributed by atoms with Crippen molar-refractivity contribution in [2.75, 3.05) is 6.26 Å². The smallest absolute Gasteiger partial charge is 0.175 e. The second-order valence-electron chi connectivity index (χ2n) is 6.23. The lowest BCUT2D eigenvalue weighted by atomic mass is 10.0. The zero-order chi connectivity index (χ0) is 16.9. The summed E-state index contributed by atoms with van der Waals surface area (Å²) < 4.78 is 22.9. The molecule has 0 saturated carbocycles. The minimum Gasteiger partial charge on any atom is -0.310 e. The Balaban J connectivity index is 1.81. The van der Waals surface area contributed by atoms with Crippen molar-refractivity contribution in [3.8, 4) is 0 Å². The van der Waals surface area contributed by atoms with E-state index < -0.39 is 9.84 Å². The molecule has 0 aromatic heterocycles. The maximum atomic E-state index is 11.4. The van der Waals surface area contributed by atoms with E-state index in [2.05, 4.69) is 43.4 Å². The predicted molar refractivity (Wildman–Crippen MR) is 95.4 cm³/mol. The summed E-state index contributed by atoms with van der Waals surface area (Å²) in [5, 5.41) is 3.49. The van der Waals surface area contributed by atoms with Gasteiger partial charge in [-0.05, 0) is 49.9 Å². The molecule has 0 amide bonds. The lowest BCUT2D eigenvalue weighted by Crippen LogP contribution is -2.26. The van der Waals surface area contributed by atoms with Crippen molar-refractivity contribution >= 4 is 9.84 Å². The maximum Gasteiger partial charge on any atom is 0.175 e. The third-order valence-corrected chi connectivity index (χ3v) is 5.08. The van der Waals surface area contributed by atoms with Crippen molar-refractivity contribution in [3.05, 3.63) is 65.2 Å². The fourth-order valence-corrected chi connectivity index (χ4v) is 3.13. The first kappa shape index (κ1) is 17.7. The van der Waals surface area contributed by atoms with Crippen LogP contribution in [0.15, 0.2) is 53.4 Å². The van der Waals surface area contributed by atoms with Crippen LogP contribution in [0.2, 0.25) is 0 Å². The number of aryl methyl sites for hydroxylation is 2. The van der Waals surface area contributed by atoms with Crippen LogP contribution in [0, 0.1) is 6.92 Å². The molecule has 0 aliphatic rings. The topological polar surface area (TPSA) is 46.2 Å². The van der Waals surface area contributed by atoms with E-state index in [4.69, 9.17) is 0 Å². The van der Waals surface area contributed by atoms with Crippen LogP contribution in [0.1, 0.15) is 30.0 Å².